The highest BCUT2D eigenvalue weighted by molar-refractivity contribution is 5.94. The fraction of sp³-hybridized carbons (Fsp3) is 0.238. The van der Waals surface area contributed by atoms with E-state index in [9.17, 15) is 18.3 Å². The quantitative estimate of drug-likeness (QED) is 0.683. The molecule has 0 amide bonds. The molecule has 0 saturated carbocycles. The zero-order chi connectivity index (χ0) is 19.9. The van der Waals surface area contributed by atoms with Crippen molar-refractivity contribution in [2.45, 2.75) is 17.8 Å². The van der Waals surface area contributed by atoms with Crippen molar-refractivity contribution >= 4 is 16.5 Å². The Morgan fingerprint density at radius 1 is 1.07 bits per heavy atom. The van der Waals surface area contributed by atoms with Crippen LogP contribution in [0.2, 0.25) is 0 Å². The molecule has 1 aliphatic heterocycles. The summed E-state index contributed by atoms with van der Waals surface area (Å²) in [6.07, 6.45) is -4.91. The topological polar surface area (TPSA) is 50.7 Å². The fourth-order valence-electron chi connectivity index (χ4n) is 3.55. The minimum absolute atomic E-state index is 0.179. The van der Waals surface area contributed by atoms with Gasteiger partial charge in [0.05, 0.1) is 13.2 Å². The molecule has 146 valence electrons. The van der Waals surface area contributed by atoms with Crippen LogP contribution in [0.3, 0.4) is 0 Å². The number of fused-ring (bicyclic) bond motifs is 2. The maximum atomic E-state index is 13.9. The van der Waals surface area contributed by atoms with Crippen LogP contribution < -0.4 is 14.8 Å². The Kier molecular flexibility index (Phi) is 4.34. The van der Waals surface area contributed by atoms with Crippen molar-refractivity contribution in [2.24, 2.45) is 0 Å². The van der Waals surface area contributed by atoms with Crippen molar-refractivity contribution in [1.29, 1.82) is 0 Å². The van der Waals surface area contributed by atoms with Gasteiger partial charge in [-0.25, -0.2) is 0 Å². The van der Waals surface area contributed by atoms with Gasteiger partial charge in [-0.05, 0) is 17.5 Å². The minimum atomic E-state index is -4.91. The summed E-state index contributed by atoms with van der Waals surface area (Å²) in [5.41, 5.74) is -2.44. The molecule has 3 aromatic carbocycles. The van der Waals surface area contributed by atoms with Crippen LogP contribution in [0.15, 0.2) is 60.7 Å². The van der Waals surface area contributed by atoms with Crippen molar-refractivity contribution in [1.82, 2.24) is 0 Å². The number of hydrogen-bond donors (Lipinski definition) is 2. The molecule has 0 aliphatic carbocycles. The average Bonchev–Trinajstić information content (AvgIpc) is 2.69. The van der Waals surface area contributed by atoms with Crippen molar-refractivity contribution in [3.05, 3.63) is 66.2 Å². The zero-order valence-electron chi connectivity index (χ0n) is 15.0. The first kappa shape index (κ1) is 18.4. The molecule has 0 spiro atoms. The Morgan fingerprint density at radius 3 is 2.54 bits per heavy atom. The van der Waals surface area contributed by atoms with Gasteiger partial charge in [-0.15, -0.1) is 0 Å². The number of halogens is 3. The molecule has 7 heteroatoms. The van der Waals surface area contributed by atoms with Crippen molar-refractivity contribution < 1.29 is 27.8 Å². The van der Waals surface area contributed by atoms with E-state index in [4.69, 9.17) is 9.47 Å². The third-order valence-electron chi connectivity index (χ3n) is 5.03. The molecule has 0 saturated heterocycles. The Balaban J connectivity index is 1.88. The molecule has 0 bridgehead atoms. The Hall–Kier alpha value is -2.93. The number of benzene rings is 3. The second-order valence-electron chi connectivity index (χ2n) is 6.69. The number of aliphatic hydroxyl groups is 1. The van der Waals surface area contributed by atoms with Gasteiger partial charge in [0.2, 0.25) is 5.60 Å². The first-order chi connectivity index (χ1) is 13.3. The molecule has 0 fully saturated rings. The molecule has 4 nitrogen and oxygen atoms in total. The van der Waals surface area contributed by atoms with E-state index in [0.29, 0.717) is 11.4 Å². The Morgan fingerprint density at radius 2 is 1.79 bits per heavy atom. The van der Waals surface area contributed by atoms with Crippen molar-refractivity contribution in [2.75, 3.05) is 19.0 Å². The fourth-order valence-corrected chi connectivity index (χ4v) is 3.55. The highest BCUT2D eigenvalue weighted by Crippen LogP contribution is 2.50. The zero-order valence-corrected chi connectivity index (χ0v) is 15.0. The van der Waals surface area contributed by atoms with Crippen LogP contribution in [0.25, 0.3) is 10.8 Å². The Bertz CT molecular complexity index is 1020. The summed E-state index contributed by atoms with van der Waals surface area (Å²) < 4.78 is 52.1. The molecular formula is C21H18F3NO3. The standard InChI is InChI=1S/C21H18F3NO3/c1-27-17-11-5-9-15-18(17)28-12-20(26,21(22,23)24)19(15)25-16-10-4-7-13-6-2-3-8-14(13)16/h2-11,19,25-26H,12H2,1H3. The molecule has 2 unspecified atom stereocenters. The first-order valence-corrected chi connectivity index (χ1v) is 8.68. The van der Waals surface area contributed by atoms with E-state index in [1.165, 1.54) is 13.2 Å². The molecule has 2 N–H and O–H groups in total. The Labute approximate surface area is 159 Å². The molecule has 2 atom stereocenters. The maximum absolute atomic E-state index is 13.9. The number of ether oxygens (including phenoxy) is 2. The first-order valence-electron chi connectivity index (χ1n) is 8.68. The summed E-state index contributed by atoms with van der Waals surface area (Å²) >= 11 is 0. The van der Waals surface area contributed by atoms with Crippen LogP contribution >= 0.6 is 0 Å². The number of anilines is 1. The van der Waals surface area contributed by atoms with Gasteiger partial charge >= 0.3 is 6.18 Å². The predicted molar refractivity (Wildman–Crippen MR) is 99.8 cm³/mol. The predicted octanol–water partition coefficient (Wildman–Crippen LogP) is 4.69. The van der Waals surface area contributed by atoms with E-state index in [2.05, 4.69) is 5.32 Å². The summed E-state index contributed by atoms with van der Waals surface area (Å²) in [5.74, 6) is 0.503. The van der Waals surface area contributed by atoms with Gasteiger partial charge in [0.1, 0.15) is 6.61 Å². The number of nitrogens with one attached hydrogen (secondary N) is 1. The summed E-state index contributed by atoms with van der Waals surface area (Å²) in [6.45, 7) is -0.938. The molecule has 1 aliphatic rings. The van der Waals surface area contributed by atoms with Crippen LogP contribution in [0.1, 0.15) is 11.6 Å². The third kappa shape index (κ3) is 2.82. The van der Waals surface area contributed by atoms with Crippen LogP contribution in [-0.4, -0.2) is 30.6 Å². The smallest absolute Gasteiger partial charge is 0.423 e. The molecule has 28 heavy (non-hydrogen) atoms. The van der Waals surface area contributed by atoms with Crippen LogP contribution in [0.5, 0.6) is 11.5 Å². The molecule has 4 rings (SSSR count). The summed E-state index contributed by atoms with van der Waals surface area (Å²) in [6, 6.07) is 15.9. The summed E-state index contributed by atoms with van der Waals surface area (Å²) in [7, 11) is 1.41. The van der Waals surface area contributed by atoms with Gasteiger partial charge in [0.15, 0.2) is 11.5 Å². The lowest BCUT2D eigenvalue weighted by atomic mass is 9.85. The lowest BCUT2D eigenvalue weighted by Gasteiger charge is -2.42. The van der Waals surface area contributed by atoms with Gasteiger partial charge < -0.3 is 19.9 Å². The molecule has 0 radical (unpaired) electrons. The van der Waals surface area contributed by atoms with E-state index in [-0.39, 0.29) is 11.3 Å². The highest BCUT2D eigenvalue weighted by atomic mass is 19.4. The third-order valence-corrected chi connectivity index (χ3v) is 5.03. The van der Waals surface area contributed by atoms with E-state index >= 15 is 0 Å². The van der Waals surface area contributed by atoms with E-state index in [1.807, 2.05) is 30.3 Å². The van der Waals surface area contributed by atoms with E-state index in [1.54, 1.807) is 24.3 Å². The molecular weight excluding hydrogens is 371 g/mol. The van der Waals surface area contributed by atoms with Gasteiger partial charge in [-0.2, -0.15) is 13.2 Å². The van der Waals surface area contributed by atoms with Crippen molar-refractivity contribution in [3.63, 3.8) is 0 Å². The summed E-state index contributed by atoms with van der Waals surface area (Å²) in [5, 5.41) is 15.2. The van der Waals surface area contributed by atoms with Crippen LogP contribution in [0.4, 0.5) is 18.9 Å². The van der Waals surface area contributed by atoms with Gasteiger partial charge in [0, 0.05) is 16.6 Å². The lowest BCUT2D eigenvalue weighted by Crippen LogP contribution is -2.58. The minimum Gasteiger partial charge on any atom is -0.493 e. The second kappa shape index (κ2) is 6.60. The SMILES string of the molecule is COc1cccc2c1OCC(O)(C(F)(F)F)C2Nc1cccc2ccccc12. The molecule has 1 heterocycles. The number of para-hydroxylation sites is 1. The van der Waals surface area contributed by atoms with E-state index < -0.39 is 24.4 Å². The number of hydrogen-bond acceptors (Lipinski definition) is 4. The lowest BCUT2D eigenvalue weighted by molar-refractivity contribution is -0.278. The maximum Gasteiger partial charge on any atom is 0.423 e. The van der Waals surface area contributed by atoms with Crippen LogP contribution in [0, 0.1) is 0 Å². The van der Waals surface area contributed by atoms with Gasteiger partial charge in [-0.1, -0.05) is 48.5 Å². The number of rotatable bonds is 3. The molecule has 3 aromatic rings. The van der Waals surface area contributed by atoms with Crippen LogP contribution in [-0.2, 0) is 0 Å². The highest BCUT2D eigenvalue weighted by Gasteiger charge is 2.62. The van der Waals surface area contributed by atoms with Crippen molar-refractivity contribution in [3.8, 4) is 11.5 Å². The average molecular weight is 389 g/mol. The second-order valence-corrected chi connectivity index (χ2v) is 6.69. The number of alkyl halides is 3. The molecule has 0 aromatic heterocycles. The van der Waals surface area contributed by atoms with Gasteiger partial charge in [0.25, 0.3) is 0 Å². The normalized spacial score (nSPS) is 21.7. The largest absolute Gasteiger partial charge is 0.493 e. The van der Waals surface area contributed by atoms with Gasteiger partial charge in [-0.3, -0.25) is 0 Å². The van der Waals surface area contributed by atoms with E-state index in [0.717, 1.165) is 10.8 Å². The number of methoxy groups -OCH3 is 1. The monoisotopic (exact) mass is 389 g/mol. The summed E-state index contributed by atoms with van der Waals surface area (Å²) in [4.78, 5) is 0.